The molecule has 0 N–H and O–H groups in total. The molecule has 5 nitrogen and oxygen atoms in total. The summed E-state index contributed by atoms with van der Waals surface area (Å²) in [6, 6.07) is 98.7. The molecule has 11 aromatic carbocycles. The Bertz CT molecular complexity index is 4070. The second kappa shape index (κ2) is 18.6. The van der Waals surface area contributed by atoms with Crippen LogP contribution in [-0.2, 0) is 0 Å². The largest absolute Gasteiger partial charge is 0.308 e. The third-order valence-electron chi connectivity index (χ3n) is 14.8. The van der Waals surface area contributed by atoms with Gasteiger partial charge in [-0.1, -0.05) is 206 Å². The molecule has 0 saturated heterocycles. The normalized spacial score (nSPS) is 11.4. The highest BCUT2D eigenvalue weighted by molar-refractivity contribution is 6.14. The first kappa shape index (κ1) is 44.3. The first-order valence-corrected chi connectivity index (χ1v) is 25.6. The van der Waals surface area contributed by atoms with Gasteiger partial charge in [-0.3, -0.25) is 0 Å². The maximum atomic E-state index is 12.0. The van der Waals surface area contributed by atoms with Crippen LogP contribution in [0, 0.1) is 11.3 Å². The first-order chi connectivity index (χ1) is 37.6. The SMILES string of the molecule is N#Cc1c(-n2c3ccc(-c4ccccc4)cc3c3cc(-c4ccccc4)ccc32)cc(-c2nc(-c3ccccc3)cc(-c3ccccc3)n2)cc1-n1c2ccc(-c3ccccc3)cc2c2cc(-c3ccccc3)ccc21. The van der Waals surface area contributed by atoms with Crippen molar-refractivity contribution in [1.29, 1.82) is 5.26 Å². The summed E-state index contributed by atoms with van der Waals surface area (Å²) in [4.78, 5) is 10.8. The molecule has 0 aliphatic carbocycles. The summed E-state index contributed by atoms with van der Waals surface area (Å²) in [6.07, 6.45) is 0. The van der Waals surface area contributed by atoms with Gasteiger partial charge in [0.05, 0.1) is 44.8 Å². The fourth-order valence-corrected chi connectivity index (χ4v) is 11.1. The van der Waals surface area contributed by atoms with Gasteiger partial charge in [0.1, 0.15) is 11.6 Å². The zero-order valence-electron chi connectivity index (χ0n) is 41.2. The Hall–Kier alpha value is -10.4. The molecule has 0 aliphatic heterocycles. The molecule has 0 aliphatic rings. The molecule has 0 fully saturated rings. The van der Waals surface area contributed by atoms with E-state index in [4.69, 9.17) is 9.97 Å². The van der Waals surface area contributed by atoms with Gasteiger partial charge >= 0.3 is 0 Å². The average molecular weight is 968 g/mol. The number of benzene rings is 11. The Morgan fingerprint density at radius 1 is 0.263 bits per heavy atom. The van der Waals surface area contributed by atoms with Crippen LogP contribution in [0.15, 0.2) is 273 Å². The van der Waals surface area contributed by atoms with Crippen LogP contribution in [-0.4, -0.2) is 19.1 Å². The fraction of sp³-hybridized carbons (Fsp3) is 0. The number of hydrogen-bond donors (Lipinski definition) is 0. The van der Waals surface area contributed by atoms with Crippen molar-refractivity contribution in [3.8, 4) is 95.9 Å². The maximum absolute atomic E-state index is 12.0. The molecule has 5 heteroatoms. The molecular formula is C71H45N5. The molecule has 3 aromatic heterocycles. The van der Waals surface area contributed by atoms with Crippen molar-refractivity contribution in [3.05, 3.63) is 279 Å². The lowest BCUT2D eigenvalue weighted by Gasteiger charge is -2.19. The van der Waals surface area contributed by atoms with E-state index in [1.54, 1.807) is 0 Å². The van der Waals surface area contributed by atoms with Crippen LogP contribution in [0.3, 0.4) is 0 Å². The lowest BCUT2D eigenvalue weighted by atomic mass is 10.0. The van der Waals surface area contributed by atoms with Gasteiger partial charge in [-0.15, -0.1) is 0 Å². The van der Waals surface area contributed by atoms with Gasteiger partial charge in [-0.25, -0.2) is 9.97 Å². The van der Waals surface area contributed by atoms with Crippen molar-refractivity contribution < 1.29 is 0 Å². The molecular weight excluding hydrogens is 923 g/mol. The molecule has 354 valence electrons. The number of fused-ring (bicyclic) bond motifs is 6. The predicted octanol–water partition coefficient (Wildman–Crippen LogP) is 18.2. The van der Waals surface area contributed by atoms with Crippen molar-refractivity contribution in [2.75, 3.05) is 0 Å². The summed E-state index contributed by atoms with van der Waals surface area (Å²) >= 11 is 0. The number of rotatable bonds is 9. The lowest BCUT2D eigenvalue weighted by Crippen LogP contribution is -2.06. The summed E-state index contributed by atoms with van der Waals surface area (Å²) in [5.74, 6) is 0.546. The minimum absolute atomic E-state index is 0.516. The summed E-state index contributed by atoms with van der Waals surface area (Å²) in [6.45, 7) is 0. The molecule has 0 saturated carbocycles. The van der Waals surface area contributed by atoms with E-state index in [1.807, 2.05) is 36.4 Å². The highest BCUT2D eigenvalue weighted by Crippen LogP contribution is 2.43. The Labute approximate surface area is 440 Å². The van der Waals surface area contributed by atoms with E-state index in [0.717, 1.165) is 128 Å². The van der Waals surface area contributed by atoms with Gasteiger partial charge in [-0.05, 0) is 111 Å². The molecule has 14 aromatic rings. The lowest BCUT2D eigenvalue weighted by molar-refractivity contribution is 1.11. The topological polar surface area (TPSA) is 59.4 Å². The number of aromatic nitrogens is 4. The molecule has 0 bridgehead atoms. The van der Waals surface area contributed by atoms with Gasteiger partial charge in [0.25, 0.3) is 0 Å². The smallest absolute Gasteiger partial charge is 0.160 e. The van der Waals surface area contributed by atoms with Gasteiger partial charge in [0, 0.05) is 38.2 Å². The van der Waals surface area contributed by atoms with E-state index < -0.39 is 0 Å². The zero-order chi connectivity index (χ0) is 50.5. The van der Waals surface area contributed by atoms with Crippen LogP contribution in [0.4, 0.5) is 0 Å². The van der Waals surface area contributed by atoms with Crippen LogP contribution in [0.2, 0.25) is 0 Å². The van der Waals surface area contributed by atoms with Gasteiger partial charge in [0.2, 0.25) is 0 Å². The minimum atomic E-state index is 0.516. The molecule has 0 unspecified atom stereocenters. The third-order valence-corrected chi connectivity index (χ3v) is 14.8. The Morgan fingerprint density at radius 2 is 0.539 bits per heavy atom. The second-order valence-electron chi connectivity index (χ2n) is 19.3. The summed E-state index contributed by atoms with van der Waals surface area (Å²) in [5.41, 5.74) is 19.2. The monoisotopic (exact) mass is 967 g/mol. The zero-order valence-corrected chi connectivity index (χ0v) is 41.2. The van der Waals surface area contributed by atoms with Crippen LogP contribution in [0.25, 0.3) is 133 Å². The molecule has 0 radical (unpaired) electrons. The maximum Gasteiger partial charge on any atom is 0.160 e. The van der Waals surface area contributed by atoms with Crippen molar-refractivity contribution in [2.24, 2.45) is 0 Å². The number of hydrogen-bond acceptors (Lipinski definition) is 3. The Balaban J connectivity index is 1.10. The molecule has 76 heavy (non-hydrogen) atoms. The van der Waals surface area contributed by atoms with Crippen molar-refractivity contribution in [3.63, 3.8) is 0 Å². The Kier molecular flexibility index (Phi) is 10.8. The predicted molar refractivity (Wildman–Crippen MR) is 313 cm³/mol. The molecule has 14 rings (SSSR count). The summed E-state index contributed by atoms with van der Waals surface area (Å²) < 4.78 is 4.57. The van der Waals surface area contributed by atoms with Crippen LogP contribution >= 0.6 is 0 Å². The fourth-order valence-electron chi connectivity index (χ4n) is 11.1. The minimum Gasteiger partial charge on any atom is -0.308 e. The molecule has 0 amide bonds. The van der Waals surface area contributed by atoms with E-state index in [0.29, 0.717) is 11.4 Å². The summed E-state index contributed by atoms with van der Waals surface area (Å²) in [7, 11) is 0. The van der Waals surface area contributed by atoms with E-state index in [2.05, 4.69) is 252 Å². The van der Waals surface area contributed by atoms with Gasteiger partial charge < -0.3 is 9.13 Å². The second-order valence-corrected chi connectivity index (χ2v) is 19.3. The number of nitriles is 1. The van der Waals surface area contributed by atoms with E-state index in [1.165, 1.54) is 0 Å². The van der Waals surface area contributed by atoms with E-state index >= 15 is 0 Å². The quantitative estimate of drug-likeness (QED) is 0.145. The molecule has 0 spiro atoms. The highest BCUT2D eigenvalue weighted by atomic mass is 15.0. The molecule has 3 heterocycles. The van der Waals surface area contributed by atoms with Crippen LogP contribution in [0.1, 0.15) is 5.56 Å². The van der Waals surface area contributed by atoms with Crippen molar-refractivity contribution in [2.45, 2.75) is 0 Å². The third kappa shape index (κ3) is 7.72. The first-order valence-electron chi connectivity index (χ1n) is 25.6. The van der Waals surface area contributed by atoms with E-state index in [-0.39, 0.29) is 0 Å². The molecule has 0 atom stereocenters. The average Bonchev–Trinajstić information content (AvgIpc) is 4.10. The van der Waals surface area contributed by atoms with E-state index in [9.17, 15) is 5.26 Å². The van der Waals surface area contributed by atoms with Gasteiger partial charge in [-0.2, -0.15) is 5.26 Å². The van der Waals surface area contributed by atoms with Crippen LogP contribution < -0.4 is 0 Å². The highest BCUT2D eigenvalue weighted by Gasteiger charge is 2.25. The summed E-state index contributed by atoms with van der Waals surface area (Å²) in [5, 5.41) is 16.3. The van der Waals surface area contributed by atoms with Crippen molar-refractivity contribution >= 4 is 43.6 Å². The Morgan fingerprint density at radius 3 is 0.816 bits per heavy atom. The van der Waals surface area contributed by atoms with Gasteiger partial charge in [0.15, 0.2) is 5.82 Å². The van der Waals surface area contributed by atoms with Crippen molar-refractivity contribution in [1.82, 2.24) is 19.1 Å². The van der Waals surface area contributed by atoms with Crippen LogP contribution in [0.5, 0.6) is 0 Å². The number of nitrogens with zero attached hydrogens (tertiary/aromatic N) is 5. The standard InChI is InChI=1S/C71H45N5/c72-46-62-69(75-65-35-31-53(47-19-7-1-8-20-47)39-58(65)59-40-54(32-36-66(59)75)48-21-9-2-10-22-48)43-57(71-73-63(51-27-15-5-16-28-51)45-64(74-71)52-29-17-6-18-30-52)44-70(62)76-67-37-33-55(49-23-11-3-12-24-49)41-60(67)61-42-56(34-38-68(61)76)50-25-13-4-14-26-50/h1-45H.